The first-order valence-corrected chi connectivity index (χ1v) is 7.92. The molecule has 0 aliphatic carbocycles. The Morgan fingerprint density at radius 1 is 1.32 bits per heavy atom. The molecule has 1 aliphatic rings. The van der Waals surface area contributed by atoms with E-state index in [0.29, 0.717) is 31.0 Å². The van der Waals surface area contributed by atoms with Crippen LogP contribution in [0.4, 0.5) is 0 Å². The number of hydrogen-bond acceptors (Lipinski definition) is 4. The van der Waals surface area contributed by atoms with Gasteiger partial charge < -0.3 is 10.8 Å². The second-order valence-electron chi connectivity index (χ2n) is 4.88. The molecule has 1 aliphatic heterocycles. The van der Waals surface area contributed by atoms with Crippen LogP contribution in [0.25, 0.3) is 0 Å². The van der Waals surface area contributed by atoms with Gasteiger partial charge in [0.2, 0.25) is 10.0 Å². The molecular weight excluding hydrogens is 264 g/mol. The summed E-state index contributed by atoms with van der Waals surface area (Å²) >= 11 is 0. The number of aliphatic hydroxyl groups is 1. The fourth-order valence-corrected chi connectivity index (χ4v) is 3.91. The number of nitrogens with two attached hydrogens (primary N) is 1. The van der Waals surface area contributed by atoms with Crippen molar-refractivity contribution in [2.24, 2.45) is 11.7 Å². The van der Waals surface area contributed by atoms with Crippen molar-refractivity contribution in [1.29, 1.82) is 0 Å². The van der Waals surface area contributed by atoms with Gasteiger partial charge in [0.25, 0.3) is 0 Å². The topological polar surface area (TPSA) is 83.6 Å². The molecule has 1 heterocycles. The molecule has 0 amide bonds. The van der Waals surface area contributed by atoms with Crippen LogP contribution >= 0.6 is 0 Å². The van der Waals surface area contributed by atoms with E-state index in [2.05, 4.69) is 0 Å². The Bertz CT molecular complexity index is 513. The maximum absolute atomic E-state index is 12.4. The SMILES string of the molecule is NCc1ccc(S(=O)(=O)N2CCC(CCO)C2)cc1. The molecule has 19 heavy (non-hydrogen) atoms. The van der Waals surface area contributed by atoms with Crippen molar-refractivity contribution < 1.29 is 13.5 Å². The van der Waals surface area contributed by atoms with Crippen molar-refractivity contribution >= 4 is 10.0 Å². The van der Waals surface area contributed by atoms with Gasteiger partial charge in [-0.15, -0.1) is 0 Å². The molecule has 1 aromatic rings. The molecule has 1 fully saturated rings. The zero-order valence-electron chi connectivity index (χ0n) is 10.8. The van der Waals surface area contributed by atoms with Gasteiger partial charge in [-0.2, -0.15) is 4.31 Å². The first-order valence-electron chi connectivity index (χ1n) is 6.48. The maximum atomic E-state index is 12.4. The largest absolute Gasteiger partial charge is 0.396 e. The first kappa shape index (κ1) is 14.5. The van der Waals surface area contributed by atoms with E-state index >= 15 is 0 Å². The number of benzene rings is 1. The average molecular weight is 284 g/mol. The predicted molar refractivity (Wildman–Crippen MR) is 72.9 cm³/mol. The minimum Gasteiger partial charge on any atom is -0.396 e. The van der Waals surface area contributed by atoms with Gasteiger partial charge >= 0.3 is 0 Å². The number of aliphatic hydroxyl groups excluding tert-OH is 1. The van der Waals surface area contributed by atoms with Crippen LogP contribution in [-0.2, 0) is 16.6 Å². The smallest absolute Gasteiger partial charge is 0.243 e. The van der Waals surface area contributed by atoms with Gasteiger partial charge in [0.05, 0.1) is 4.90 Å². The lowest BCUT2D eigenvalue weighted by Crippen LogP contribution is -2.29. The van der Waals surface area contributed by atoms with Gasteiger partial charge in [-0.05, 0) is 36.5 Å². The van der Waals surface area contributed by atoms with Gasteiger partial charge in [0.15, 0.2) is 0 Å². The lowest BCUT2D eigenvalue weighted by Gasteiger charge is -2.16. The highest BCUT2D eigenvalue weighted by Crippen LogP contribution is 2.26. The van der Waals surface area contributed by atoms with E-state index in [1.54, 1.807) is 24.3 Å². The predicted octanol–water partition coefficient (Wildman–Crippen LogP) is 0.538. The number of nitrogens with zero attached hydrogens (tertiary/aromatic N) is 1. The molecule has 5 nitrogen and oxygen atoms in total. The summed E-state index contributed by atoms with van der Waals surface area (Å²) in [5.41, 5.74) is 6.41. The van der Waals surface area contributed by atoms with Crippen molar-refractivity contribution in [2.75, 3.05) is 19.7 Å². The minimum absolute atomic E-state index is 0.115. The highest BCUT2D eigenvalue weighted by atomic mass is 32.2. The van der Waals surface area contributed by atoms with Crippen LogP contribution in [0, 0.1) is 5.92 Å². The van der Waals surface area contributed by atoms with Gasteiger partial charge in [0.1, 0.15) is 0 Å². The molecule has 0 saturated carbocycles. The zero-order valence-corrected chi connectivity index (χ0v) is 11.6. The summed E-state index contributed by atoms with van der Waals surface area (Å²) in [7, 11) is -3.40. The molecule has 0 bridgehead atoms. The van der Waals surface area contributed by atoms with E-state index < -0.39 is 10.0 Å². The molecule has 106 valence electrons. The Morgan fingerprint density at radius 3 is 2.58 bits per heavy atom. The van der Waals surface area contributed by atoms with E-state index in [1.807, 2.05) is 0 Å². The third-order valence-corrected chi connectivity index (χ3v) is 5.46. The second kappa shape index (κ2) is 6.00. The van der Waals surface area contributed by atoms with E-state index in [4.69, 9.17) is 10.8 Å². The maximum Gasteiger partial charge on any atom is 0.243 e. The van der Waals surface area contributed by atoms with Crippen LogP contribution in [0.5, 0.6) is 0 Å². The lowest BCUT2D eigenvalue weighted by atomic mass is 10.1. The summed E-state index contributed by atoms with van der Waals surface area (Å²) < 4.78 is 26.3. The fourth-order valence-electron chi connectivity index (χ4n) is 2.38. The van der Waals surface area contributed by atoms with Crippen LogP contribution in [-0.4, -0.2) is 37.5 Å². The molecule has 0 spiro atoms. The minimum atomic E-state index is -3.40. The van der Waals surface area contributed by atoms with Crippen molar-refractivity contribution in [3.05, 3.63) is 29.8 Å². The monoisotopic (exact) mass is 284 g/mol. The van der Waals surface area contributed by atoms with Gasteiger partial charge in [-0.25, -0.2) is 8.42 Å². The van der Waals surface area contributed by atoms with Crippen LogP contribution in [0.2, 0.25) is 0 Å². The molecule has 0 radical (unpaired) electrons. The average Bonchev–Trinajstić information content (AvgIpc) is 2.89. The Kier molecular flexibility index (Phi) is 4.57. The standard InChI is InChI=1S/C13H20N2O3S/c14-9-11-1-3-13(4-2-11)19(17,18)15-7-5-12(10-15)6-8-16/h1-4,12,16H,5-10,14H2. The summed E-state index contributed by atoms with van der Waals surface area (Å²) in [5.74, 6) is 0.267. The van der Waals surface area contributed by atoms with Crippen molar-refractivity contribution in [1.82, 2.24) is 4.31 Å². The molecule has 2 rings (SSSR count). The van der Waals surface area contributed by atoms with Crippen LogP contribution in [0.1, 0.15) is 18.4 Å². The van der Waals surface area contributed by atoms with Gasteiger partial charge in [-0.1, -0.05) is 12.1 Å². The summed E-state index contributed by atoms with van der Waals surface area (Å²) in [4.78, 5) is 0.314. The molecule has 1 atom stereocenters. The van der Waals surface area contributed by atoms with Crippen molar-refractivity contribution in [3.63, 3.8) is 0 Å². The molecule has 6 heteroatoms. The fraction of sp³-hybridized carbons (Fsp3) is 0.538. The number of sulfonamides is 1. The summed E-state index contributed by atoms with van der Waals surface area (Å²) in [6.45, 7) is 1.56. The third-order valence-electron chi connectivity index (χ3n) is 3.58. The normalized spacial score (nSPS) is 20.8. The first-order chi connectivity index (χ1) is 9.07. The van der Waals surface area contributed by atoms with Crippen molar-refractivity contribution in [3.8, 4) is 0 Å². The zero-order chi connectivity index (χ0) is 13.9. The summed E-state index contributed by atoms with van der Waals surface area (Å²) in [6.07, 6.45) is 1.48. The van der Waals surface area contributed by atoms with Gasteiger partial charge in [0, 0.05) is 26.2 Å². The quantitative estimate of drug-likeness (QED) is 0.826. The molecule has 1 aromatic carbocycles. The third kappa shape index (κ3) is 3.14. The number of hydrogen-bond donors (Lipinski definition) is 2. The summed E-state index contributed by atoms with van der Waals surface area (Å²) in [6, 6.07) is 6.70. The molecule has 1 unspecified atom stereocenters. The van der Waals surface area contributed by atoms with E-state index in [1.165, 1.54) is 4.31 Å². The molecule has 1 saturated heterocycles. The number of rotatable bonds is 5. The molecular formula is C13H20N2O3S. The van der Waals surface area contributed by atoms with Crippen LogP contribution < -0.4 is 5.73 Å². The summed E-state index contributed by atoms with van der Waals surface area (Å²) in [5, 5.41) is 8.91. The Labute approximate surface area is 114 Å². The van der Waals surface area contributed by atoms with Crippen molar-refractivity contribution in [2.45, 2.75) is 24.3 Å². The highest BCUT2D eigenvalue weighted by Gasteiger charge is 2.31. The van der Waals surface area contributed by atoms with Gasteiger partial charge in [-0.3, -0.25) is 0 Å². The van der Waals surface area contributed by atoms with E-state index in [-0.39, 0.29) is 12.5 Å². The molecule has 3 N–H and O–H groups in total. The lowest BCUT2D eigenvalue weighted by molar-refractivity contribution is 0.259. The molecule has 0 aromatic heterocycles. The second-order valence-corrected chi connectivity index (χ2v) is 6.82. The van der Waals surface area contributed by atoms with Crippen LogP contribution in [0.3, 0.4) is 0 Å². The highest BCUT2D eigenvalue weighted by molar-refractivity contribution is 7.89. The Morgan fingerprint density at radius 2 is 2.00 bits per heavy atom. The Hall–Kier alpha value is -0.950. The Balaban J connectivity index is 2.13. The van der Waals surface area contributed by atoms with E-state index in [0.717, 1.165) is 12.0 Å². The van der Waals surface area contributed by atoms with Crippen LogP contribution in [0.15, 0.2) is 29.2 Å². The van der Waals surface area contributed by atoms with E-state index in [9.17, 15) is 8.42 Å².